The summed E-state index contributed by atoms with van der Waals surface area (Å²) in [5.41, 5.74) is 6.97. The van der Waals surface area contributed by atoms with Gasteiger partial charge in [0.15, 0.2) is 0 Å². The quantitative estimate of drug-likeness (QED) is 0.642. The third-order valence-electron chi connectivity index (χ3n) is 4.35. The first-order chi connectivity index (χ1) is 13.9. The monoisotopic (exact) mass is 415 g/mol. The molecule has 0 atom stereocenters. The summed E-state index contributed by atoms with van der Waals surface area (Å²) in [4.78, 5) is 28.1. The van der Waals surface area contributed by atoms with Crippen LogP contribution in [0, 0.1) is 0 Å². The van der Waals surface area contributed by atoms with E-state index in [1.54, 1.807) is 20.2 Å². The molecule has 1 aromatic carbocycles. The molecule has 7 nitrogen and oxygen atoms in total. The summed E-state index contributed by atoms with van der Waals surface area (Å²) in [7, 11) is 3.44. The second-order valence-corrected chi connectivity index (χ2v) is 7.89. The number of amides is 1. The topological polar surface area (TPSA) is 86.2 Å². The predicted octanol–water partition coefficient (Wildman–Crippen LogP) is 2.34. The van der Waals surface area contributed by atoms with Crippen LogP contribution in [0.3, 0.4) is 0 Å². The van der Waals surface area contributed by atoms with Gasteiger partial charge in [0, 0.05) is 36.0 Å². The molecule has 0 aliphatic rings. The van der Waals surface area contributed by atoms with Gasteiger partial charge in [-0.1, -0.05) is 12.1 Å². The number of carbonyl (C=O) groups excluding carboxylic acids is 1. The Bertz CT molecular complexity index is 1100. The van der Waals surface area contributed by atoms with Gasteiger partial charge in [0.2, 0.25) is 0 Å². The highest BCUT2D eigenvalue weighted by atomic mass is 32.1. The Labute approximate surface area is 171 Å². The Morgan fingerprint density at radius 2 is 2.10 bits per heavy atom. The van der Waals surface area contributed by atoms with E-state index in [2.05, 4.69) is 5.10 Å². The number of hydrogen-bond acceptors (Lipinski definition) is 5. The van der Waals surface area contributed by atoms with Crippen LogP contribution in [0.1, 0.15) is 15.2 Å². The molecule has 152 valence electrons. The van der Waals surface area contributed by atoms with Crippen LogP contribution in [-0.2, 0) is 13.1 Å². The summed E-state index contributed by atoms with van der Waals surface area (Å²) >= 11 is 1.54. The molecule has 0 saturated heterocycles. The van der Waals surface area contributed by atoms with Crippen LogP contribution < -0.4 is 11.4 Å². The van der Waals surface area contributed by atoms with Crippen molar-refractivity contribution < 1.29 is 9.18 Å². The van der Waals surface area contributed by atoms with E-state index in [0.717, 1.165) is 15.3 Å². The molecule has 2 aromatic heterocycles. The average Bonchev–Trinajstić information content (AvgIpc) is 3.33. The maximum Gasteiger partial charge on any atom is 0.346 e. The first-order valence-electron chi connectivity index (χ1n) is 8.94. The van der Waals surface area contributed by atoms with Crippen LogP contribution in [0.2, 0.25) is 0 Å². The van der Waals surface area contributed by atoms with E-state index in [4.69, 9.17) is 5.73 Å². The second-order valence-electron chi connectivity index (χ2n) is 6.72. The molecule has 9 heteroatoms. The average molecular weight is 415 g/mol. The molecule has 2 heterocycles. The number of hydrogen-bond donors (Lipinski definition) is 1. The van der Waals surface area contributed by atoms with Crippen molar-refractivity contribution in [3.8, 4) is 10.4 Å². The van der Waals surface area contributed by atoms with Crippen molar-refractivity contribution in [1.29, 1.82) is 0 Å². The summed E-state index contributed by atoms with van der Waals surface area (Å²) in [5, 5.41) is 4.03. The smallest absolute Gasteiger partial charge is 0.345 e. The fraction of sp³-hybridized carbons (Fsp3) is 0.250. The number of rotatable bonds is 7. The van der Waals surface area contributed by atoms with Crippen molar-refractivity contribution in [3.63, 3.8) is 0 Å². The molecule has 0 unspecified atom stereocenters. The lowest BCUT2D eigenvalue weighted by Gasteiger charge is -2.10. The standard InChI is InChI=1S/C20H22FN5O2S/c1-24(2)19(27)16-5-3-4-15(8-16)18-7-6-17(29-18)12-25-13-23-26(20(25)28)11-14(9-21)10-22/h3-9,13H,10-12,22H2,1-2H3/b14-9+. The van der Waals surface area contributed by atoms with Crippen molar-refractivity contribution in [2.24, 2.45) is 5.73 Å². The molecule has 2 N–H and O–H groups in total. The van der Waals surface area contributed by atoms with Gasteiger partial charge in [-0.3, -0.25) is 9.36 Å². The minimum atomic E-state index is -0.327. The predicted molar refractivity (Wildman–Crippen MR) is 112 cm³/mol. The molecule has 0 bridgehead atoms. The van der Waals surface area contributed by atoms with Crippen LogP contribution in [0.4, 0.5) is 4.39 Å². The molecule has 0 radical (unpaired) electrons. The van der Waals surface area contributed by atoms with E-state index in [1.807, 2.05) is 30.3 Å². The normalized spacial score (nSPS) is 11.7. The third-order valence-corrected chi connectivity index (χ3v) is 5.47. The molecule has 0 spiro atoms. The van der Waals surface area contributed by atoms with Crippen molar-refractivity contribution >= 4 is 17.2 Å². The number of aromatic nitrogens is 3. The van der Waals surface area contributed by atoms with Crippen LogP contribution in [0.15, 0.2) is 59.4 Å². The van der Waals surface area contributed by atoms with Crippen molar-refractivity contribution in [1.82, 2.24) is 19.2 Å². The fourth-order valence-electron chi connectivity index (χ4n) is 2.77. The highest BCUT2D eigenvalue weighted by Gasteiger charge is 2.12. The molecule has 0 aliphatic carbocycles. The minimum Gasteiger partial charge on any atom is -0.345 e. The van der Waals surface area contributed by atoms with E-state index < -0.39 is 0 Å². The van der Waals surface area contributed by atoms with Gasteiger partial charge in [-0.15, -0.1) is 11.3 Å². The highest BCUT2D eigenvalue weighted by molar-refractivity contribution is 7.15. The van der Waals surface area contributed by atoms with Crippen molar-refractivity contribution in [3.05, 3.63) is 75.6 Å². The lowest BCUT2D eigenvalue weighted by molar-refractivity contribution is 0.0827. The van der Waals surface area contributed by atoms with Gasteiger partial charge >= 0.3 is 5.69 Å². The van der Waals surface area contributed by atoms with Crippen molar-refractivity contribution in [2.45, 2.75) is 13.1 Å². The first kappa shape index (κ1) is 20.7. The number of nitrogens with zero attached hydrogens (tertiary/aromatic N) is 4. The number of halogens is 1. The molecule has 3 aromatic rings. The molecule has 1 amide bonds. The molecule has 0 fully saturated rings. The Morgan fingerprint density at radius 1 is 1.31 bits per heavy atom. The van der Waals surface area contributed by atoms with E-state index in [1.165, 1.54) is 31.8 Å². The number of benzene rings is 1. The Balaban J connectivity index is 1.78. The minimum absolute atomic E-state index is 0.0273. The third kappa shape index (κ3) is 4.69. The molecule has 0 aliphatic heterocycles. The van der Waals surface area contributed by atoms with Gasteiger partial charge in [-0.2, -0.15) is 5.10 Å². The summed E-state index contributed by atoms with van der Waals surface area (Å²) in [6, 6.07) is 11.4. The maximum absolute atomic E-state index is 12.7. The molecular weight excluding hydrogens is 393 g/mol. The molecular formula is C20H22FN5O2S. The Kier molecular flexibility index (Phi) is 6.40. The van der Waals surface area contributed by atoms with Gasteiger partial charge in [-0.25, -0.2) is 13.9 Å². The molecule has 3 rings (SSSR count). The van der Waals surface area contributed by atoms with Crippen molar-refractivity contribution in [2.75, 3.05) is 20.6 Å². The summed E-state index contributed by atoms with van der Waals surface area (Å²) in [6.45, 7) is 0.414. The van der Waals surface area contributed by atoms with Gasteiger partial charge in [-0.05, 0) is 35.4 Å². The van der Waals surface area contributed by atoms with Crippen LogP contribution in [0.5, 0.6) is 0 Å². The van der Waals surface area contributed by atoms with Crippen LogP contribution >= 0.6 is 11.3 Å². The molecule has 29 heavy (non-hydrogen) atoms. The summed E-state index contributed by atoms with van der Waals surface area (Å²) < 4.78 is 15.4. The highest BCUT2D eigenvalue weighted by Crippen LogP contribution is 2.29. The van der Waals surface area contributed by atoms with Gasteiger partial charge < -0.3 is 10.6 Å². The zero-order valence-electron chi connectivity index (χ0n) is 16.2. The SMILES string of the molecule is CN(C)C(=O)c1cccc(-c2ccc(Cn3cnn(C/C(=C/F)CN)c3=O)s2)c1. The Morgan fingerprint density at radius 3 is 2.79 bits per heavy atom. The summed E-state index contributed by atoms with van der Waals surface area (Å²) in [5.74, 6) is -0.0539. The van der Waals surface area contributed by atoms with Crippen LogP contribution in [-0.4, -0.2) is 45.8 Å². The van der Waals surface area contributed by atoms with Gasteiger partial charge in [0.25, 0.3) is 5.91 Å². The zero-order chi connectivity index (χ0) is 21.0. The summed E-state index contributed by atoms with van der Waals surface area (Å²) in [6.07, 6.45) is 1.84. The number of thiophene rings is 1. The van der Waals surface area contributed by atoms with E-state index in [9.17, 15) is 14.0 Å². The lowest BCUT2D eigenvalue weighted by Crippen LogP contribution is -2.26. The fourth-order valence-corrected chi connectivity index (χ4v) is 3.78. The van der Waals surface area contributed by atoms with E-state index in [0.29, 0.717) is 24.0 Å². The zero-order valence-corrected chi connectivity index (χ0v) is 17.0. The van der Waals surface area contributed by atoms with Gasteiger partial charge in [0.05, 0.1) is 19.4 Å². The number of nitrogens with two attached hydrogens (primary N) is 1. The largest absolute Gasteiger partial charge is 0.346 e. The van der Waals surface area contributed by atoms with Gasteiger partial charge in [0.1, 0.15) is 6.33 Å². The van der Waals surface area contributed by atoms with E-state index in [-0.39, 0.29) is 24.7 Å². The van der Waals surface area contributed by atoms with E-state index >= 15 is 0 Å². The first-order valence-corrected chi connectivity index (χ1v) is 9.75. The second kappa shape index (κ2) is 8.97. The number of carbonyl (C=O) groups is 1. The Hall–Kier alpha value is -3.04. The van der Waals surface area contributed by atoms with Crippen LogP contribution in [0.25, 0.3) is 10.4 Å². The molecule has 0 saturated carbocycles. The maximum atomic E-state index is 12.7. The lowest BCUT2D eigenvalue weighted by atomic mass is 10.1.